The monoisotopic (exact) mass is 500 g/mol. The molecule has 5 rings (SSSR count). The van der Waals surface area contributed by atoms with Gasteiger partial charge in [-0.05, 0) is 6.07 Å². The zero-order valence-electron chi connectivity index (χ0n) is 18.6. The molecule has 0 saturated carbocycles. The molecule has 0 bridgehead atoms. The molecule has 0 unspecified atom stereocenters. The molecule has 3 heterocycles. The molecule has 1 amide bonds. The number of aromatic nitrogens is 3. The Kier molecular flexibility index (Phi) is 6.21. The van der Waals surface area contributed by atoms with E-state index in [2.05, 4.69) is 22.2 Å². The summed E-state index contributed by atoms with van der Waals surface area (Å²) >= 11 is 6.42. The maximum atomic E-state index is 13.9. The van der Waals surface area contributed by atoms with Crippen molar-refractivity contribution in [2.75, 3.05) is 26.2 Å². The van der Waals surface area contributed by atoms with Crippen LogP contribution in [0.5, 0.6) is 0 Å². The van der Waals surface area contributed by atoms with Gasteiger partial charge in [0, 0.05) is 11.1 Å². The Morgan fingerprint density at radius 1 is 1.00 bits per heavy atom. The largest absolute Gasteiger partial charge is 0.433 e. The molecule has 4 aromatic rings. The second kappa shape index (κ2) is 9.31. The van der Waals surface area contributed by atoms with Crippen molar-refractivity contribution in [3.63, 3.8) is 0 Å². The number of alkyl halides is 3. The fraction of sp³-hybridized carbons (Fsp3) is 0.240. The summed E-state index contributed by atoms with van der Waals surface area (Å²) in [6.07, 6.45) is -4.72. The topological polar surface area (TPSA) is 54.9 Å². The van der Waals surface area contributed by atoms with E-state index in [4.69, 9.17) is 11.6 Å². The third-order valence-electron chi connectivity index (χ3n) is 6.15. The molecule has 180 valence electrons. The highest BCUT2D eigenvalue weighted by Crippen LogP contribution is 2.34. The molecule has 2 aromatic heterocycles. The summed E-state index contributed by atoms with van der Waals surface area (Å²) in [5.74, 6) is -0.492. The highest BCUT2D eigenvalue weighted by Gasteiger charge is 2.37. The molecule has 1 aliphatic heterocycles. The van der Waals surface area contributed by atoms with Crippen molar-refractivity contribution in [1.29, 1.82) is 0 Å². The zero-order valence-corrected chi connectivity index (χ0v) is 19.4. The van der Waals surface area contributed by atoms with Gasteiger partial charge in [0.2, 0.25) is 0 Å². The van der Waals surface area contributed by atoms with E-state index in [1.54, 1.807) is 35.2 Å². The first-order valence-corrected chi connectivity index (χ1v) is 11.6. The van der Waals surface area contributed by atoms with Gasteiger partial charge in [0.1, 0.15) is 11.6 Å². The summed E-state index contributed by atoms with van der Waals surface area (Å²) in [4.78, 5) is 20.5. The lowest BCUT2D eigenvalue weighted by Crippen LogP contribution is -3.13. The predicted molar refractivity (Wildman–Crippen MR) is 125 cm³/mol. The van der Waals surface area contributed by atoms with E-state index >= 15 is 0 Å². The number of benzene rings is 2. The Balaban J connectivity index is 1.43. The van der Waals surface area contributed by atoms with Crippen LogP contribution in [0.15, 0.2) is 66.7 Å². The van der Waals surface area contributed by atoms with Crippen LogP contribution in [-0.2, 0) is 12.7 Å². The van der Waals surface area contributed by atoms with Crippen molar-refractivity contribution in [3.8, 4) is 11.3 Å². The quantitative estimate of drug-likeness (QED) is 0.466. The predicted octanol–water partition coefficient (Wildman–Crippen LogP) is 3.61. The Morgan fingerprint density at radius 2 is 1.63 bits per heavy atom. The van der Waals surface area contributed by atoms with Gasteiger partial charge >= 0.3 is 6.18 Å². The minimum absolute atomic E-state index is 0.101. The maximum absolute atomic E-state index is 13.9. The van der Waals surface area contributed by atoms with Crippen LogP contribution in [0.3, 0.4) is 0 Å². The first kappa shape index (κ1) is 23.3. The van der Waals surface area contributed by atoms with Gasteiger partial charge in [0.05, 0.1) is 31.9 Å². The average Bonchev–Trinajstić information content (AvgIpc) is 3.20. The van der Waals surface area contributed by atoms with E-state index in [-0.39, 0.29) is 22.1 Å². The molecule has 10 heteroatoms. The minimum Gasteiger partial charge on any atom is -0.328 e. The molecule has 35 heavy (non-hydrogen) atoms. The molecule has 2 aromatic carbocycles. The summed E-state index contributed by atoms with van der Waals surface area (Å²) in [5.41, 5.74) is 0.357. The van der Waals surface area contributed by atoms with Crippen LogP contribution in [0, 0.1) is 0 Å². The fourth-order valence-corrected chi connectivity index (χ4v) is 4.56. The molecule has 0 aliphatic carbocycles. The van der Waals surface area contributed by atoms with Crippen molar-refractivity contribution in [3.05, 3.63) is 88.7 Å². The van der Waals surface area contributed by atoms with E-state index in [9.17, 15) is 18.0 Å². The number of carbonyl (C=O) groups excluding carboxylic acids is 1. The molecule has 1 aliphatic rings. The number of fused-ring (bicyclic) bond motifs is 1. The lowest BCUT2D eigenvalue weighted by molar-refractivity contribution is -0.917. The van der Waals surface area contributed by atoms with E-state index in [0.29, 0.717) is 23.2 Å². The van der Waals surface area contributed by atoms with Crippen LogP contribution in [0.2, 0.25) is 5.02 Å². The highest BCUT2D eigenvalue weighted by atomic mass is 35.5. The molecule has 1 fully saturated rings. The first-order chi connectivity index (χ1) is 16.8. The number of nitrogens with one attached hydrogen (secondary N) is 1. The normalized spacial score (nSPS) is 15.0. The second-order valence-electron chi connectivity index (χ2n) is 8.49. The van der Waals surface area contributed by atoms with Crippen LogP contribution >= 0.6 is 11.6 Å². The number of carbonyl (C=O) groups is 1. The van der Waals surface area contributed by atoms with Gasteiger partial charge in [-0.3, -0.25) is 4.79 Å². The van der Waals surface area contributed by atoms with Gasteiger partial charge in [0.25, 0.3) is 5.91 Å². The van der Waals surface area contributed by atoms with Crippen LogP contribution in [-0.4, -0.2) is 51.6 Å². The van der Waals surface area contributed by atoms with E-state index < -0.39 is 17.8 Å². The van der Waals surface area contributed by atoms with Crippen LogP contribution in [0.4, 0.5) is 13.2 Å². The van der Waals surface area contributed by atoms with Crippen LogP contribution in [0.25, 0.3) is 16.9 Å². The Bertz CT molecular complexity index is 1350. The number of halogens is 4. The maximum Gasteiger partial charge on any atom is 0.433 e. The van der Waals surface area contributed by atoms with Gasteiger partial charge in [-0.15, -0.1) is 0 Å². The summed E-state index contributed by atoms with van der Waals surface area (Å²) < 4.78 is 42.3. The molecule has 0 spiro atoms. The number of hydrogen-bond acceptors (Lipinski definition) is 3. The van der Waals surface area contributed by atoms with Crippen molar-refractivity contribution >= 4 is 23.2 Å². The highest BCUT2D eigenvalue weighted by molar-refractivity contribution is 6.36. The first-order valence-electron chi connectivity index (χ1n) is 11.2. The number of rotatable bonds is 4. The smallest absolute Gasteiger partial charge is 0.328 e. The van der Waals surface area contributed by atoms with E-state index in [1.165, 1.54) is 10.5 Å². The fourth-order valence-electron chi connectivity index (χ4n) is 4.32. The average molecular weight is 501 g/mol. The SMILES string of the molecule is O=C(c1nn2c(C(F)(F)F)cc(-c3ccccc3)nc2c1Cl)N1CC[NH+](Cc2ccccc2)CC1. The lowest BCUT2D eigenvalue weighted by Gasteiger charge is -2.31. The van der Waals surface area contributed by atoms with E-state index in [1.807, 2.05) is 18.2 Å². The van der Waals surface area contributed by atoms with Gasteiger partial charge in [-0.2, -0.15) is 18.3 Å². The molecule has 1 saturated heterocycles. The number of quaternary nitrogens is 1. The summed E-state index contributed by atoms with van der Waals surface area (Å²) in [6.45, 7) is 3.20. The van der Waals surface area contributed by atoms with Gasteiger partial charge in [0.15, 0.2) is 17.0 Å². The Morgan fingerprint density at radius 3 is 2.26 bits per heavy atom. The molecule has 6 nitrogen and oxygen atoms in total. The molecule has 1 N–H and O–H groups in total. The standard InChI is InChI=1S/C25H21ClF3N5O/c26-21-22(24(35)33-13-11-32(12-14-33)16-17-7-3-1-4-8-17)31-34-20(25(27,28)29)15-19(30-23(21)34)18-9-5-2-6-10-18/h1-10,15H,11-14,16H2/p+1. The Labute approximate surface area is 204 Å². The lowest BCUT2D eigenvalue weighted by atomic mass is 10.1. The molecular weight excluding hydrogens is 479 g/mol. The van der Waals surface area contributed by atoms with Crippen LogP contribution in [0.1, 0.15) is 21.7 Å². The van der Waals surface area contributed by atoms with Gasteiger partial charge in [-0.25, -0.2) is 9.50 Å². The van der Waals surface area contributed by atoms with Crippen molar-refractivity contribution in [2.45, 2.75) is 12.7 Å². The molecule has 0 atom stereocenters. The van der Waals surface area contributed by atoms with E-state index in [0.717, 1.165) is 25.7 Å². The van der Waals surface area contributed by atoms with Gasteiger partial charge in [-0.1, -0.05) is 72.3 Å². The number of nitrogens with zero attached hydrogens (tertiary/aromatic N) is 4. The summed E-state index contributed by atoms with van der Waals surface area (Å²) in [5, 5.41) is 3.80. The third kappa shape index (κ3) is 4.74. The number of amides is 1. The third-order valence-corrected chi connectivity index (χ3v) is 6.50. The van der Waals surface area contributed by atoms with Crippen molar-refractivity contribution < 1.29 is 22.9 Å². The number of piperazine rings is 1. The second-order valence-corrected chi connectivity index (χ2v) is 8.87. The summed E-state index contributed by atoms with van der Waals surface area (Å²) in [6, 6.07) is 19.5. The van der Waals surface area contributed by atoms with Crippen molar-refractivity contribution in [1.82, 2.24) is 19.5 Å². The zero-order chi connectivity index (χ0) is 24.6. The number of hydrogen-bond donors (Lipinski definition) is 1. The molecular formula is C25H22ClF3N5O+. The van der Waals surface area contributed by atoms with Crippen molar-refractivity contribution in [2.24, 2.45) is 0 Å². The van der Waals surface area contributed by atoms with Gasteiger partial charge < -0.3 is 9.80 Å². The minimum atomic E-state index is -4.72. The molecule has 0 radical (unpaired) electrons. The summed E-state index contributed by atoms with van der Waals surface area (Å²) in [7, 11) is 0. The Hall–Kier alpha value is -3.43. The van der Waals surface area contributed by atoms with Crippen LogP contribution < -0.4 is 4.90 Å².